The first-order valence-corrected chi connectivity index (χ1v) is 9.86. The highest BCUT2D eigenvalue weighted by Gasteiger charge is 2.27. The normalized spacial score (nSPS) is 14.5. The first-order chi connectivity index (χ1) is 14.4. The van der Waals surface area contributed by atoms with Gasteiger partial charge in [0.15, 0.2) is 5.69 Å². The van der Waals surface area contributed by atoms with Gasteiger partial charge in [0.1, 0.15) is 0 Å². The van der Waals surface area contributed by atoms with Crippen LogP contribution in [0.2, 0.25) is 0 Å². The zero-order chi connectivity index (χ0) is 21.7. The van der Waals surface area contributed by atoms with Crippen molar-refractivity contribution in [3.63, 3.8) is 0 Å². The molecule has 1 aliphatic heterocycles. The van der Waals surface area contributed by atoms with Gasteiger partial charge in [-0.05, 0) is 19.4 Å². The lowest BCUT2D eigenvalue weighted by Crippen LogP contribution is -2.51. The summed E-state index contributed by atoms with van der Waals surface area (Å²) >= 11 is 0. The van der Waals surface area contributed by atoms with Crippen LogP contribution >= 0.6 is 0 Å². The maximum Gasteiger partial charge on any atom is 0.276 e. The number of carbonyl (C=O) groups is 2. The SMILES string of the molecule is CCCNC(=O)CN1CCN(C(=O)c2nnn(-c3cccc([N+](=O)[O-])c3)c2C)CC1. The van der Waals surface area contributed by atoms with E-state index in [1.165, 1.54) is 16.8 Å². The Kier molecular flexibility index (Phi) is 6.72. The van der Waals surface area contributed by atoms with Crippen molar-refractivity contribution in [1.82, 2.24) is 30.1 Å². The summed E-state index contributed by atoms with van der Waals surface area (Å²) in [6.07, 6.45) is 0.893. The van der Waals surface area contributed by atoms with Gasteiger partial charge in [0.05, 0.1) is 22.8 Å². The smallest absolute Gasteiger partial charge is 0.276 e. The Bertz CT molecular complexity index is 935. The third-order valence-electron chi connectivity index (χ3n) is 4.98. The van der Waals surface area contributed by atoms with E-state index >= 15 is 0 Å². The predicted octanol–water partition coefficient (Wildman–Crippen LogP) is 0.768. The number of rotatable bonds is 7. The molecule has 11 heteroatoms. The highest BCUT2D eigenvalue weighted by Crippen LogP contribution is 2.19. The maximum atomic E-state index is 12.9. The van der Waals surface area contributed by atoms with Gasteiger partial charge in [-0.2, -0.15) is 0 Å². The summed E-state index contributed by atoms with van der Waals surface area (Å²) in [6, 6.07) is 6.01. The van der Waals surface area contributed by atoms with Gasteiger partial charge in [0.2, 0.25) is 5.91 Å². The van der Waals surface area contributed by atoms with Crippen molar-refractivity contribution in [3.8, 4) is 5.69 Å². The zero-order valence-electron chi connectivity index (χ0n) is 17.1. The Morgan fingerprint density at radius 1 is 1.23 bits per heavy atom. The van der Waals surface area contributed by atoms with Gasteiger partial charge >= 0.3 is 0 Å². The fraction of sp³-hybridized carbons (Fsp3) is 0.474. The molecule has 0 unspecified atom stereocenters. The number of hydrogen-bond donors (Lipinski definition) is 1. The molecule has 3 rings (SSSR count). The molecule has 1 N–H and O–H groups in total. The molecule has 0 spiro atoms. The molecular weight excluding hydrogens is 390 g/mol. The van der Waals surface area contributed by atoms with Crippen LogP contribution in [0.4, 0.5) is 5.69 Å². The van der Waals surface area contributed by atoms with Crippen molar-refractivity contribution in [2.75, 3.05) is 39.3 Å². The van der Waals surface area contributed by atoms with Crippen LogP contribution in [0.3, 0.4) is 0 Å². The summed E-state index contributed by atoms with van der Waals surface area (Å²) in [6.45, 7) is 6.88. The van der Waals surface area contributed by atoms with Gasteiger partial charge in [-0.3, -0.25) is 24.6 Å². The number of carbonyl (C=O) groups excluding carboxylic acids is 2. The highest BCUT2D eigenvalue weighted by molar-refractivity contribution is 5.93. The lowest BCUT2D eigenvalue weighted by molar-refractivity contribution is -0.384. The van der Waals surface area contributed by atoms with Gasteiger partial charge in [-0.25, -0.2) is 4.68 Å². The topological polar surface area (TPSA) is 127 Å². The molecule has 0 bridgehead atoms. The van der Waals surface area contributed by atoms with Crippen molar-refractivity contribution >= 4 is 17.5 Å². The lowest BCUT2D eigenvalue weighted by Gasteiger charge is -2.34. The summed E-state index contributed by atoms with van der Waals surface area (Å²) in [7, 11) is 0. The van der Waals surface area contributed by atoms with E-state index in [9.17, 15) is 19.7 Å². The second-order valence-corrected chi connectivity index (χ2v) is 7.13. The third kappa shape index (κ3) is 4.79. The Balaban J connectivity index is 1.64. The fourth-order valence-corrected chi connectivity index (χ4v) is 3.29. The van der Waals surface area contributed by atoms with E-state index in [1.54, 1.807) is 24.0 Å². The Morgan fingerprint density at radius 3 is 2.63 bits per heavy atom. The second-order valence-electron chi connectivity index (χ2n) is 7.13. The van der Waals surface area contributed by atoms with Gasteiger partial charge in [0.25, 0.3) is 11.6 Å². The van der Waals surface area contributed by atoms with Crippen molar-refractivity contribution in [1.29, 1.82) is 0 Å². The van der Waals surface area contributed by atoms with Crippen LogP contribution < -0.4 is 5.32 Å². The summed E-state index contributed by atoms with van der Waals surface area (Å²) in [4.78, 5) is 39.0. The molecule has 30 heavy (non-hydrogen) atoms. The van der Waals surface area contributed by atoms with E-state index in [0.29, 0.717) is 50.6 Å². The first kappa shape index (κ1) is 21.4. The molecule has 0 radical (unpaired) electrons. The highest BCUT2D eigenvalue weighted by atomic mass is 16.6. The summed E-state index contributed by atoms with van der Waals surface area (Å²) in [5, 5.41) is 21.9. The molecule has 2 heterocycles. The number of nitro groups is 1. The second kappa shape index (κ2) is 9.44. The molecule has 160 valence electrons. The summed E-state index contributed by atoms with van der Waals surface area (Å²) < 4.78 is 1.43. The van der Waals surface area contributed by atoms with Crippen molar-refractivity contribution < 1.29 is 14.5 Å². The standard InChI is InChI=1S/C19H25N7O4/c1-3-7-20-17(27)13-23-8-10-24(11-9-23)19(28)18-14(2)25(22-21-18)15-5-4-6-16(12-15)26(29)30/h4-6,12H,3,7-11,13H2,1-2H3,(H,20,27). The molecule has 0 aliphatic carbocycles. The maximum absolute atomic E-state index is 12.9. The van der Waals surface area contributed by atoms with Crippen molar-refractivity contribution in [3.05, 3.63) is 45.8 Å². The van der Waals surface area contributed by atoms with E-state index in [-0.39, 0.29) is 23.2 Å². The molecular formula is C19H25N7O4. The molecule has 11 nitrogen and oxygen atoms in total. The Morgan fingerprint density at radius 2 is 1.97 bits per heavy atom. The Hall–Kier alpha value is -3.34. The van der Waals surface area contributed by atoms with Crippen LogP contribution in [0.15, 0.2) is 24.3 Å². The van der Waals surface area contributed by atoms with Crippen molar-refractivity contribution in [2.24, 2.45) is 0 Å². The third-order valence-corrected chi connectivity index (χ3v) is 4.98. The number of non-ortho nitro benzene ring substituents is 1. The number of piperazine rings is 1. The van der Waals surface area contributed by atoms with E-state index in [4.69, 9.17) is 0 Å². The molecule has 1 aromatic carbocycles. The van der Waals surface area contributed by atoms with E-state index in [0.717, 1.165) is 6.42 Å². The lowest BCUT2D eigenvalue weighted by atomic mass is 10.2. The number of aromatic nitrogens is 3. The predicted molar refractivity (Wildman–Crippen MR) is 108 cm³/mol. The van der Waals surface area contributed by atoms with Crippen LogP contribution in [0.25, 0.3) is 5.69 Å². The fourth-order valence-electron chi connectivity index (χ4n) is 3.29. The molecule has 1 saturated heterocycles. The summed E-state index contributed by atoms with van der Waals surface area (Å²) in [5.41, 5.74) is 1.14. The number of hydrogen-bond acceptors (Lipinski definition) is 7. The average Bonchev–Trinajstić information content (AvgIpc) is 3.13. The van der Waals surface area contributed by atoms with Crippen LogP contribution in [0.1, 0.15) is 29.5 Å². The quantitative estimate of drug-likeness (QED) is 0.523. The number of benzene rings is 1. The number of nitrogens with zero attached hydrogens (tertiary/aromatic N) is 6. The van der Waals surface area contributed by atoms with E-state index in [2.05, 4.69) is 15.6 Å². The van der Waals surface area contributed by atoms with Gasteiger partial charge in [-0.1, -0.05) is 18.2 Å². The van der Waals surface area contributed by atoms with E-state index < -0.39 is 4.92 Å². The number of nitrogens with one attached hydrogen (secondary N) is 1. The van der Waals surface area contributed by atoms with Gasteiger partial charge in [0, 0.05) is 44.9 Å². The monoisotopic (exact) mass is 415 g/mol. The molecule has 2 amide bonds. The van der Waals surface area contributed by atoms with Crippen molar-refractivity contribution in [2.45, 2.75) is 20.3 Å². The van der Waals surface area contributed by atoms with Gasteiger partial charge < -0.3 is 10.2 Å². The Labute approximate surface area is 173 Å². The minimum absolute atomic E-state index is 0.00707. The van der Waals surface area contributed by atoms with Crippen LogP contribution in [0, 0.1) is 17.0 Å². The molecule has 2 aromatic rings. The minimum Gasteiger partial charge on any atom is -0.355 e. The zero-order valence-corrected chi connectivity index (χ0v) is 17.1. The molecule has 0 atom stereocenters. The van der Waals surface area contributed by atoms with Gasteiger partial charge in [-0.15, -0.1) is 5.10 Å². The molecule has 0 saturated carbocycles. The molecule has 1 aromatic heterocycles. The largest absolute Gasteiger partial charge is 0.355 e. The average molecular weight is 415 g/mol. The molecule has 1 fully saturated rings. The first-order valence-electron chi connectivity index (χ1n) is 9.86. The van der Waals surface area contributed by atoms with Crippen LogP contribution in [-0.4, -0.2) is 80.8 Å². The minimum atomic E-state index is -0.482. The number of nitro benzene ring substituents is 1. The van der Waals surface area contributed by atoms with Crippen LogP contribution in [0.5, 0.6) is 0 Å². The number of amides is 2. The summed E-state index contributed by atoms with van der Waals surface area (Å²) in [5.74, 6) is -0.244. The van der Waals surface area contributed by atoms with E-state index in [1.807, 2.05) is 11.8 Å². The van der Waals surface area contributed by atoms with Crippen LogP contribution in [-0.2, 0) is 4.79 Å². The molecule has 1 aliphatic rings.